The van der Waals surface area contributed by atoms with Gasteiger partial charge in [0, 0.05) is 17.7 Å². The molecule has 1 atom stereocenters. The number of para-hydroxylation sites is 1. The van der Waals surface area contributed by atoms with Crippen molar-refractivity contribution in [3.8, 4) is 11.5 Å². The third-order valence-electron chi connectivity index (χ3n) is 5.84. The summed E-state index contributed by atoms with van der Waals surface area (Å²) in [4.78, 5) is 16.2. The molecule has 188 valence electrons. The maximum absolute atomic E-state index is 12.5. The van der Waals surface area contributed by atoms with Crippen LogP contribution in [0.15, 0.2) is 66.7 Å². The van der Waals surface area contributed by atoms with Crippen LogP contribution >= 0.6 is 0 Å². The van der Waals surface area contributed by atoms with Gasteiger partial charge in [0.2, 0.25) is 5.95 Å². The van der Waals surface area contributed by atoms with Crippen molar-refractivity contribution in [2.24, 2.45) is 0 Å². The van der Waals surface area contributed by atoms with Gasteiger partial charge in [-0.3, -0.25) is 0 Å². The van der Waals surface area contributed by atoms with Crippen LogP contribution in [0.3, 0.4) is 0 Å². The Kier molecular flexibility index (Phi) is 7.19. The molecule has 9 heteroatoms. The van der Waals surface area contributed by atoms with Crippen molar-refractivity contribution in [2.75, 3.05) is 12.4 Å². The average Bonchev–Trinajstić information content (AvgIpc) is 3.19. The van der Waals surface area contributed by atoms with Crippen LogP contribution in [-0.2, 0) is 11.2 Å². The Morgan fingerprint density at radius 2 is 1.81 bits per heavy atom. The van der Waals surface area contributed by atoms with Crippen LogP contribution in [0.4, 0.5) is 24.8 Å². The lowest BCUT2D eigenvalue weighted by Crippen LogP contribution is -2.17. The van der Waals surface area contributed by atoms with Crippen molar-refractivity contribution < 1.29 is 27.4 Å². The van der Waals surface area contributed by atoms with Gasteiger partial charge >= 0.3 is 6.36 Å². The third kappa shape index (κ3) is 5.79. The molecule has 0 unspecified atom stereocenters. The predicted molar refractivity (Wildman–Crippen MR) is 132 cm³/mol. The van der Waals surface area contributed by atoms with Crippen LogP contribution in [0.2, 0.25) is 0 Å². The Labute approximate surface area is 206 Å². The Balaban J connectivity index is 1.74. The monoisotopic (exact) mass is 497 g/mol. The zero-order valence-electron chi connectivity index (χ0n) is 20.1. The number of imidazole rings is 1. The lowest BCUT2D eigenvalue weighted by molar-refractivity contribution is -0.274. The normalized spacial score (nSPS) is 12.4. The number of aryl methyl sites for hydroxylation is 1. The summed E-state index contributed by atoms with van der Waals surface area (Å²) >= 11 is 0. The van der Waals surface area contributed by atoms with Gasteiger partial charge in [-0.1, -0.05) is 24.3 Å². The molecule has 1 aromatic heterocycles. The largest absolute Gasteiger partial charge is 0.573 e. The van der Waals surface area contributed by atoms with Gasteiger partial charge in [-0.25, -0.2) is 4.98 Å². The number of fused-ring (bicyclic) bond motifs is 1. The topological polar surface area (TPSA) is 65.4 Å². The highest BCUT2D eigenvalue weighted by atomic mass is 19.4. The Bertz CT molecular complexity index is 1360. The summed E-state index contributed by atoms with van der Waals surface area (Å²) in [6.07, 6.45) is -3.70. The van der Waals surface area contributed by atoms with Gasteiger partial charge in [-0.05, 0) is 68.3 Å². The van der Waals surface area contributed by atoms with E-state index >= 15 is 0 Å². The van der Waals surface area contributed by atoms with Crippen LogP contribution in [0.25, 0.3) is 11.0 Å². The minimum atomic E-state index is -4.76. The fourth-order valence-corrected chi connectivity index (χ4v) is 4.12. The number of carbonyl (C=O) groups is 1. The summed E-state index contributed by atoms with van der Waals surface area (Å²) in [6, 6.07) is 18.9. The second kappa shape index (κ2) is 10.3. The number of ether oxygens (including phenoxy) is 2. The SMILES string of the molecule is COc1ccccc1[C@@H](C)n1c(Nc2ccc(OC(F)(F)F)cc2)nc2cc(CCC(C)=O)ccc21. The third-order valence-corrected chi connectivity index (χ3v) is 5.84. The quantitative estimate of drug-likeness (QED) is 0.275. The summed E-state index contributed by atoms with van der Waals surface area (Å²) in [5.41, 5.74) is 4.08. The molecule has 3 aromatic carbocycles. The van der Waals surface area contributed by atoms with Crippen LogP contribution in [-0.4, -0.2) is 28.8 Å². The first-order chi connectivity index (χ1) is 17.1. The summed E-state index contributed by atoms with van der Waals surface area (Å²) in [7, 11) is 1.61. The van der Waals surface area contributed by atoms with E-state index in [1.807, 2.05) is 54.0 Å². The fraction of sp³-hybridized carbons (Fsp3) is 0.259. The van der Waals surface area contributed by atoms with Gasteiger partial charge in [0.15, 0.2) is 0 Å². The second-order valence-corrected chi connectivity index (χ2v) is 8.45. The minimum absolute atomic E-state index is 0.116. The minimum Gasteiger partial charge on any atom is -0.496 e. The molecule has 0 saturated carbocycles. The molecule has 1 heterocycles. The Hall–Kier alpha value is -4.01. The van der Waals surface area contributed by atoms with E-state index < -0.39 is 6.36 Å². The van der Waals surface area contributed by atoms with E-state index in [-0.39, 0.29) is 17.6 Å². The molecular weight excluding hydrogens is 471 g/mol. The standard InChI is InChI=1S/C27H26F3N3O3/c1-17(34)8-9-19-10-15-24-23(16-19)32-26(31-20-11-13-21(14-12-20)36-27(28,29)30)33(24)18(2)22-6-4-5-7-25(22)35-3/h4-7,10-16,18H,8-9H2,1-3H3,(H,31,32)/t18-/m1/s1. The number of nitrogens with zero attached hydrogens (tertiary/aromatic N) is 2. The number of anilines is 2. The summed E-state index contributed by atoms with van der Waals surface area (Å²) in [5, 5.41) is 3.23. The zero-order chi connectivity index (χ0) is 25.9. The van der Waals surface area contributed by atoms with Gasteiger partial charge in [-0.15, -0.1) is 13.2 Å². The molecular formula is C27H26F3N3O3. The lowest BCUT2D eigenvalue weighted by Gasteiger charge is -2.21. The van der Waals surface area contributed by atoms with E-state index in [1.165, 1.54) is 24.3 Å². The first-order valence-electron chi connectivity index (χ1n) is 11.4. The predicted octanol–water partition coefficient (Wildman–Crippen LogP) is 6.82. The first kappa shape index (κ1) is 25.1. The zero-order valence-corrected chi connectivity index (χ0v) is 20.1. The van der Waals surface area contributed by atoms with Gasteiger partial charge in [0.25, 0.3) is 0 Å². The number of rotatable bonds is 9. The molecule has 0 aliphatic carbocycles. The maximum Gasteiger partial charge on any atom is 0.573 e. The number of hydrogen-bond acceptors (Lipinski definition) is 5. The molecule has 0 bridgehead atoms. The number of benzene rings is 3. The Morgan fingerprint density at radius 3 is 2.47 bits per heavy atom. The summed E-state index contributed by atoms with van der Waals surface area (Å²) in [6.45, 7) is 3.59. The number of hydrogen-bond donors (Lipinski definition) is 1. The molecule has 6 nitrogen and oxygen atoms in total. The van der Waals surface area contributed by atoms with Crippen molar-refractivity contribution in [2.45, 2.75) is 39.1 Å². The number of aromatic nitrogens is 2. The van der Waals surface area contributed by atoms with E-state index in [9.17, 15) is 18.0 Å². The highest BCUT2D eigenvalue weighted by Gasteiger charge is 2.31. The average molecular weight is 498 g/mol. The first-order valence-corrected chi connectivity index (χ1v) is 11.4. The number of carbonyl (C=O) groups excluding carboxylic acids is 1. The number of nitrogens with one attached hydrogen (secondary N) is 1. The summed E-state index contributed by atoms with van der Waals surface area (Å²) < 4.78 is 49.1. The van der Waals surface area contributed by atoms with Crippen molar-refractivity contribution in [1.29, 1.82) is 0 Å². The molecule has 0 radical (unpaired) electrons. The van der Waals surface area contributed by atoms with Crippen molar-refractivity contribution in [3.05, 3.63) is 77.9 Å². The van der Waals surface area contributed by atoms with Gasteiger partial charge < -0.3 is 24.2 Å². The van der Waals surface area contributed by atoms with Crippen molar-refractivity contribution in [3.63, 3.8) is 0 Å². The molecule has 0 saturated heterocycles. The molecule has 0 amide bonds. The highest BCUT2D eigenvalue weighted by Crippen LogP contribution is 2.35. The van der Waals surface area contributed by atoms with E-state index in [4.69, 9.17) is 9.72 Å². The molecule has 0 spiro atoms. The number of methoxy groups -OCH3 is 1. The number of ketones is 1. The number of halogens is 3. The Morgan fingerprint density at radius 1 is 1.08 bits per heavy atom. The van der Waals surface area contributed by atoms with Gasteiger partial charge in [0.1, 0.15) is 17.3 Å². The molecule has 1 N–H and O–H groups in total. The van der Waals surface area contributed by atoms with E-state index in [2.05, 4.69) is 10.1 Å². The fourth-order valence-electron chi connectivity index (χ4n) is 4.12. The molecule has 36 heavy (non-hydrogen) atoms. The van der Waals surface area contributed by atoms with E-state index in [0.29, 0.717) is 24.5 Å². The molecule has 0 aliphatic rings. The van der Waals surface area contributed by atoms with Gasteiger partial charge in [-0.2, -0.15) is 0 Å². The van der Waals surface area contributed by atoms with Crippen LogP contribution in [0.5, 0.6) is 11.5 Å². The number of Topliss-reactive ketones (excluding diaryl/α,β-unsaturated/α-hetero) is 1. The number of alkyl halides is 3. The van der Waals surface area contributed by atoms with Crippen LogP contribution < -0.4 is 14.8 Å². The maximum atomic E-state index is 12.5. The molecule has 4 rings (SSSR count). The van der Waals surface area contributed by atoms with Crippen LogP contribution in [0, 0.1) is 0 Å². The van der Waals surface area contributed by atoms with Crippen molar-refractivity contribution in [1.82, 2.24) is 9.55 Å². The van der Waals surface area contributed by atoms with Gasteiger partial charge in [0.05, 0.1) is 24.2 Å². The summed E-state index contributed by atoms with van der Waals surface area (Å²) in [5.74, 6) is 1.05. The molecule has 0 fully saturated rings. The lowest BCUT2D eigenvalue weighted by atomic mass is 10.1. The molecule has 4 aromatic rings. The smallest absolute Gasteiger partial charge is 0.496 e. The van der Waals surface area contributed by atoms with E-state index in [0.717, 1.165) is 27.9 Å². The van der Waals surface area contributed by atoms with Crippen LogP contribution in [0.1, 0.15) is 37.4 Å². The highest BCUT2D eigenvalue weighted by molar-refractivity contribution is 5.81. The molecule has 0 aliphatic heterocycles. The second-order valence-electron chi connectivity index (χ2n) is 8.45. The van der Waals surface area contributed by atoms with E-state index in [1.54, 1.807) is 14.0 Å². The van der Waals surface area contributed by atoms with Crippen molar-refractivity contribution >= 4 is 28.5 Å².